The van der Waals surface area contributed by atoms with Crippen molar-refractivity contribution < 1.29 is 28.6 Å². The third kappa shape index (κ3) is 9.80. The van der Waals surface area contributed by atoms with E-state index in [2.05, 4.69) is 5.32 Å². The molecule has 0 fully saturated rings. The van der Waals surface area contributed by atoms with Crippen LogP contribution in [0.25, 0.3) is 0 Å². The molecule has 2 rings (SSSR count). The summed E-state index contributed by atoms with van der Waals surface area (Å²) >= 11 is 0. The van der Waals surface area contributed by atoms with Gasteiger partial charge in [0.2, 0.25) is 0 Å². The summed E-state index contributed by atoms with van der Waals surface area (Å²) in [6.07, 6.45) is -0.792. The van der Waals surface area contributed by atoms with Crippen LogP contribution in [0, 0.1) is 0 Å². The molecule has 0 saturated heterocycles. The highest BCUT2D eigenvalue weighted by Crippen LogP contribution is 2.12. The fourth-order valence-corrected chi connectivity index (χ4v) is 2.64. The number of nitrogens with one attached hydrogen (secondary N) is 1. The van der Waals surface area contributed by atoms with Crippen molar-refractivity contribution in [2.24, 2.45) is 0 Å². The van der Waals surface area contributed by atoms with Crippen LogP contribution in [-0.2, 0) is 37.0 Å². The van der Waals surface area contributed by atoms with E-state index >= 15 is 0 Å². The van der Waals surface area contributed by atoms with E-state index < -0.39 is 29.7 Å². The molecule has 0 aliphatic rings. The molecule has 0 radical (unpaired) electrons. The van der Waals surface area contributed by atoms with E-state index in [4.69, 9.17) is 14.2 Å². The van der Waals surface area contributed by atoms with E-state index in [9.17, 15) is 14.4 Å². The molecule has 7 heteroatoms. The molecule has 0 aromatic heterocycles. The third-order valence-electron chi connectivity index (χ3n) is 4.07. The summed E-state index contributed by atoms with van der Waals surface area (Å²) in [7, 11) is 0. The maximum absolute atomic E-state index is 12.6. The van der Waals surface area contributed by atoms with Gasteiger partial charge < -0.3 is 19.5 Å². The lowest BCUT2D eigenvalue weighted by Gasteiger charge is -2.21. The fraction of sp³-hybridized carbons (Fsp3) is 0.375. The molecule has 31 heavy (non-hydrogen) atoms. The van der Waals surface area contributed by atoms with Gasteiger partial charge in [-0.1, -0.05) is 60.7 Å². The third-order valence-corrected chi connectivity index (χ3v) is 4.07. The normalized spacial score (nSPS) is 11.8. The number of amides is 1. The van der Waals surface area contributed by atoms with Crippen LogP contribution in [0.5, 0.6) is 0 Å². The summed E-state index contributed by atoms with van der Waals surface area (Å²) in [5.74, 6) is -1.11. The average molecular weight is 427 g/mol. The maximum atomic E-state index is 12.6. The van der Waals surface area contributed by atoms with Crippen LogP contribution < -0.4 is 5.32 Å². The van der Waals surface area contributed by atoms with Crippen LogP contribution in [0.4, 0.5) is 4.79 Å². The van der Waals surface area contributed by atoms with Crippen molar-refractivity contribution in [2.45, 2.75) is 58.5 Å². The van der Waals surface area contributed by atoms with Gasteiger partial charge in [0.25, 0.3) is 0 Å². The first-order valence-corrected chi connectivity index (χ1v) is 10.1. The number of alkyl carbamates (subject to hydrolysis) is 1. The van der Waals surface area contributed by atoms with Gasteiger partial charge in [-0.2, -0.15) is 0 Å². The second kappa shape index (κ2) is 11.7. The minimum Gasteiger partial charge on any atom is -0.460 e. The molecule has 1 N–H and O–H groups in total. The molecule has 166 valence electrons. The summed E-state index contributed by atoms with van der Waals surface area (Å²) in [6.45, 7) is 5.40. The first-order chi connectivity index (χ1) is 14.7. The van der Waals surface area contributed by atoms with Gasteiger partial charge in [0, 0.05) is 6.42 Å². The van der Waals surface area contributed by atoms with Gasteiger partial charge in [0.05, 0.1) is 0 Å². The zero-order valence-corrected chi connectivity index (χ0v) is 18.1. The number of carbonyl (C=O) groups excluding carboxylic acids is 3. The van der Waals surface area contributed by atoms with E-state index in [1.165, 1.54) is 0 Å². The molecule has 0 aliphatic heterocycles. The number of hydrogen-bond donors (Lipinski definition) is 1. The smallest absolute Gasteiger partial charge is 0.408 e. The molecule has 1 atom stereocenters. The van der Waals surface area contributed by atoms with E-state index in [-0.39, 0.29) is 26.1 Å². The van der Waals surface area contributed by atoms with E-state index in [1.54, 1.807) is 20.8 Å². The Morgan fingerprint density at radius 2 is 1.35 bits per heavy atom. The highest BCUT2D eigenvalue weighted by atomic mass is 16.6. The van der Waals surface area contributed by atoms with Crippen molar-refractivity contribution in [3.63, 3.8) is 0 Å². The van der Waals surface area contributed by atoms with Crippen molar-refractivity contribution in [1.29, 1.82) is 0 Å². The molecule has 2 aromatic rings. The summed E-state index contributed by atoms with van der Waals surface area (Å²) in [6, 6.07) is 17.3. The van der Waals surface area contributed by atoms with Crippen LogP contribution in [0.2, 0.25) is 0 Å². The molecule has 0 heterocycles. The van der Waals surface area contributed by atoms with Gasteiger partial charge >= 0.3 is 18.0 Å². The molecule has 0 bridgehead atoms. The Morgan fingerprint density at radius 1 is 0.839 bits per heavy atom. The Kier molecular flexibility index (Phi) is 9.06. The summed E-state index contributed by atoms with van der Waals surface area (Å²) in [5.41, 5.74) is 0.991. The second-order valence-corrected chi connectivity index (χ2v) is 7.98. The molecule has 1 amide bonds. The summed E-state index contributed by atoms with van der Waals surface area (Å²) in [4.78, 5) is 36.8. The molecule has 0 spiro atoms. The first kappa shape index (κ1) is 23.9. The number of benzene rings is 2. The molecule has 0 unspecified atom stereocenters. The topological polar surface area (TPSA) is 90.9 Å². The molecular formula is C24H29NO6. The number of esters is 2. The van der Waals surface area contributed by atoms with Crippen molar-refractivity contribution in [3.05, 3.63) is 71.8 Å². The SMILES string of the molecule is CC(C)(C)OC(=O)CC[C@H](NC(=O)OCc1ccccc1)C(=O)OCc1ccccc1. The second-order valence-electron chi connectivity index (χ2n) is 7.98. The number of carbonyl (C=O) groups is 3. The fourth-order valence-electron chi connectivity index (χ4n) is 2.64. The Hall–Kier alpha value is -3.35. The van der Waals surface area contributed by atoms with Gasteiger partial charge in [-0.05, 0) is 38.3 Å². The van der Waals surface area contributed by atoms with Crippen LogP contribution in [-0.4, -0.2) is 29.7 Å². The van der Waals surface area contributed by atoms with Crippen LogP contribution in [0.1, 0.15) is 44.7 Å². The molecular weight excluding hydrogens is 398 g/mol. The lowest BCUT2D eigenvalue weighted by Crippen LogP contribution is -2.42. The number of hydrogen-bond acceptors (Lipinski definition) is 6. The minimum absolute atomic E-state index is 0.0307. The van der Waals surface area contributed by atoms with Gasteiger partial charge in [0.1, 0.15) is 24.9 Å². The Morgan fingerprint density at radius 3 is 1.87 bits per heavy atom. The molecule has 0 aliphatic carbocycles. The first-order valence-electron chi connectivity index (χ1n) is 10.1. The van der Waals surface area contributed by atoms with Crippen molar-refractivity contribution in [2.75, 3.05) is 0 Å². The maximum Gasteiger partial charge on any atom is 0.408 e. The van der Waals surface area contributed by atoms with Crippen LogP contribution in [0.15, 0.2) is 60.7 Å². The Bertz CT molecular complexity index is 845. The molecule has 2 aromatic carbocycles. The number of ether oxygens (including phenoxy) is 3. The van der Waals surface area contributed by atoms with Gasteiger partial charge in [-0.3, -0.25) is 4.79 Å². The summed E-state index contributed by atoms with van der Waals surface area (Å²) < 4.78 is 15.8. The average Bonchev–Trinajstić information content (AvgIpc) is 2.73. The largest absolute Gasteiger partial charge is 0.460 e. The quantitative estimate of drug-likeness (QED) is 0.478. The van der Waals surface area contributed by atoms with Gasteiger partial charge in [-0.25, -0.2) is 9.59 Å². The minimum atomic E-state index is -1.04. The standard InChI is InChI=1S/C24H29NO6/c1-24(2,3)31-21(26)15-14-20(22(27)29-16-18-10-6-4-7-11-18)25-23(28)30-17-19-12-8-5-9-13-19/h4-13,20H,14-17H2,1-3H3,(H,25,28)/t20-/m0/s1. The van der Waals surface area contributed by atoms with Gasteiger partial charge in [0.15, 0.2) is 0 Å². The highest BCUT2D eigenvalue weighted by molar-refractivity contribution is 5.82. The summed E-state index contributed by atoms with van der Waals surface area (Å²) in [5, 5.41) is 2.50. The van der Waals surface area contributed by atoms with Crippen molar-refractivity contribution >= 4 is 18.0 Å². The number of rotatable bonds is 9. The predicted octanol–water partition coefficient (Wildman–Crippen LogP) is 4.15. The van der Waals surface area contributed by atoms with Crippen LogP contribution >= 0.6 is 0 Å². The van der Waals surface area contributed by atoms with Crippen LogP contribution in [0.3, 0.4) is 0 Å². The lowest BCUT2D eigenvalue weighted by molar-refractivity contribution is -0.155. The Balaban J connectivity index is 1.93. The predicted molar refractivity (Wildman–Crippen MR) is 115 cm³/mol. The van der Waals surface area contributed by atoms with Crippen molar-refractivity contribution in [1.82, 2.24) is 5.32 Å². The van der Waals surface area contributed by atoms with E-state index in [0.717, 1.165) is 11.1 Å². The lowest BCUT2D eigenvalue weighted by atomic mass is 10.1. The highest BCUT2D eigenvalue weighted by Gasteiger charge is 2.25. The van der Waals surface area contributed by atoms with Crippen molar-refractivity contribution in [3.8, 4) is 0 Å². The van der Waals surface area contributed by atoms with E-state index in [1.807, 2.05) is 60.7 Å². The molecule has 7 nitrogen and oxygen atoms in total. The van der Waals surface area contributed by atoms with Gasteiger partial charge in [-0.15, -0.1) is 0 Å². The van der Waals surface area contributed by atoms with E-state index in [0.29, 0.717) is 0 Å². The zero-order valence-electron chi connectivity index (χ0n) is 18.1. The Labute approximate surface area is 182 Å². The zero-order chi connectivity index (χ0) is 22.7. The molecule has 0 saturated carbocycles. The monoisotopic (exact) mass is 427 g/mol.